The molecule has 0 aliphatic heterocycles. The van der Waals surface area contributed by atoms with Crippen LogP contribution >= 0.6 is 15.6 Å². The third-order valence-electron chi connectivity index (χ3n) is 18.0. The average molecular weight is 1400 g/mol. The molecule has 3 N–H and O–H groups in total. The van der Waals surface area contributed by atoms with Gasteiger partial charge in [0, 0.05) is 25.7 Å². The first-order valence-corrected chi connectivity index (χ1v) is 42.4. The smallest absolute Gasteiger partial charge is 0.462 e. The van der Waals surface area contributed by atoms with Gasteiger partial charge in [-0.05, 0) is 43.4 Å². The highest BCUT2D eigenvalue weighted by Gasteiger charge is 2.30. The first-order chi connectivity index (χ1) is 45.8. The summed E-state index contributed by atoms with van der Waals surface area (Å²) in [5.74, 6) is 0.262. The van der Waals surface area contributed by atoms with E-state index in [1.807, 2.05) is 0 Å². The van der Waals surface area contributed by atoms with Crippen molar-refractivity contribution in [2.24, 2.45) is 17.8 Å². The maximum absolute atomic E-state index is 13.1. The Hall–Kier alpha value is -1.94. The van der Waals surface area contributed by atoms with E-state index in [1.165, 1.54) is 199 Å². The van der Waals surface area contributed by atoms with Crippen LogP contribution in [0.4, 0.5) is 0 Å². The number of rotatable bonds is 74. The normalized spacial score (nSPS) is 14.4. The predicted molar refractivity (Wildman–Crippen MR) is 386 cm³/mol. The maximum atomic E-state index is 13.1. The molecule has 0 rings (SSSR count). The van der Waals surface area contributed by atoms with Gasteiger partial charge in [-0.25, -0.2) is 9.13 Å². The molecule has 0 heterocycles. The third kappa shape index (κ3) is 69.0. The van der Waals surface area contributed by atoms with Gasteiger partial charge in [0.25, 0.3) is 0 Å². The molecule has 0 aliphatic carbocycles. The quantitative estimate of drug-likeness (QED) is 0.0222. The lowest BCUT2D eigenvalue weighted by atomic mass is 9.99. The van der Waals surface area contributed by atoms with E-state index in [0.717, 1.165) is 108 Å². The van der Waals surface area contributed by atoms with Crippen LogP contribution in [0.1, 0.15) is 389 Å². The zero-order chi connectivity index (χ0) is 70.1. The van der Waals surface area contributed by atoms with E-state index in [2.05, 4.69) is 48.5 Å². The number of phosphoric acid groups is 2. The van der Waals surface area contributed by atoms with Gasteiger partial charge < -0.3 is 33.8 Å². The minimum absolute atomic E-state index is 0.106. The van der Waals surface area contributed by atoms with Crippen LogP contribution in [0.5, 0.6) is 0 Å². The number of carbonyl (C=O) groups excluding carboxylic acids is 4. The zero-order valence-corrected chi connectivity index (χ0v) is 63.9. The number of esters is 4. The van der Waals surface area contributed by atoms with Crippen LogP contribution in [0, 0.1) is 17.8 Å². The number of aliphatic hydroxyl groups excluding tert-OH is 1. The molecule has 0 aliphatic rings. The molecule has 564 valence electrons. The van der Waals surface area contributed by atoms with E-state index in [0.29, 0.717) is 25.7 Å². The first-order valence-electron chi connectivity index (χ1n) is 39.4. The summed E-state index contributed by atoms with van der Waals surface area (Å²) < 4.78 is 68.5. The molecule has 17 nitrogen and oxygen atoms in total. The summed E-state index contributed by atoms with van der Waals surface area (Å²) in [5, 5.41) is 10.6. The molecular weight excluding hydrogens is 1250 g/mol. The fraction of sp³-hybridized carbons (Fsp3) is 0.947. The molecule has 0 fully saturated rings. The number of hydrogen-bond acceptors (Lipinski definition) is 15. The van der Waals surface area contributed by atoms with Crippen LogP contribution < -0.4 is 0 Å². The minimum Gasteiger partial charge on any atom is -0.462 e. The van der Waals surface area contributed by atoms with Crippen molar-refractivity contribution >= 4 is 39.5 Å². The van der Waals surface area contributed by atoms with Crippen molar-refractivity contribution in [3.8, 4) is 0 Å². The number of phosphoric ester groups is 2. The summed E-state index contributed by atoms with van der Waals surface area (Å²) in [5.41, 5.74) is 0. The van der Waals surface area contributed by atoms with Crippen molar-refractivity contribution in [2.75, 3.05) is 39.6 Å². The molecule has 0 bridgehead atoms. The Bertz CT molecular complexity index is 1850. The van der Waals surface area contributed by atoms with Crippen molar-refractivity contribution < 1.29 is 80.2 Å². The summed E-state index contributed by atoms with van der Waals surface area (Å²) in [6, 6.07) is 0. The average Bonchev–Trinajstić information content (AvgIpc) is 3.33. The van der Waals surface area contributed by atoms with E-state index in [9.17, 15) is 43.2 Å². The van der Waals surface area contributed by atoms with Gasteiger partial charge in [0.15, 0.2) is 12.2 Å². The minimum atomic E-state index is -4.96. The van der Waals surface area contributed by atoms with Crippen LogP contribution in [0.3, 0.4) is 0 Å². The van der Waals surface area contributed by atoms with Gasteiger partial charge >= 0.3 is 39.5 Å². The molecule has 0 saturated heterocycles. The van der Waals surface area contributed by atoms with Crippen LogP contribution in [0.15, 0.2) is 0 Å². The number of unbranched alkanes of at least 4 members (excludes halogenated alkanes) is 41. The fourth-order valence-electron chi connectivity index (χ4n) is 11.6. The monoisotopic (exact) mass is 1400 g/mol. The Morgan fingerprint density at radius 2 is 0.537 bits per heavy atom. The number of carbonyl (C=O) groups is 4. The molecule has 0 aromatic heterocycles. The first kappa shape index (κ1) is 93.1. The molecule has 0 saturated carbocycles. The Kier molecular flexibility index (Phi) is 65.2. The molecule has 0 aromatic carbocycles. The van der Waals surface area contributed by atoms with Crippen LogP contribution in [-0.2, 0) is 65.4 Å². The second kappa shape index (κ2) is 66.6. The maximum Gasteiger partial charge on any atom is 0.472 e. The van der Waals surface area contributed by atoms with E-state index >= 15 is 0 Å². The van der Waals surface area contributed by atoms with Crippen LogP contribution in [0.25, 0.3) is 0 Å². The van der Waals surface area contributed by atoms with Crippen molar-refractivity contribution in [3.05, 3.63) is 0 Å². The highest BCUT2D eigenvalue weighted by atomic mass is 31.2. The van der Waals surface area contributed by atoms with E-state index in [1.54, 1.807) is 0 Å². The molecule has 95 heavy (non-hydrogen) atoms. The van der Waals surface area contributed by atoms with Gasteiger partial charge in [-0.3, -0.25) is 37.3 Å². The SMILES string of the molecule is CCCCCCCCCCCC(=O)OC[C@H](COP(=O)(O)OC[C@H](O)COP(=O)(O)OC[C@@H](COC(=O)CCCCCCCCCCCCCCC(C)C)OC(=O)CCCCCCCCCCCCCCCCC(C)C)OC(=O)CCCCCCCCCCCCC(C)CC. The Balaban J connectivity index is 5.24. The molecule has 0 radical (unpaired) electrons. The lowest BCUT2D eigenvalue weighted by Crippen LogP contribution is -2.30. The highest BCUT2D eigenvalue weighted by molar-refractivity contribution is 7.47. The molecule has 6 atom stereocenters. The van der Waals surface area contributed by atoms with Gasteiger partial charge in [0.2, 0.25) is 0 Å². The second-order valence-electron chi connectivity index (χ2n) is 28.6. The summed E-state index contributed by atoms with van der Waals surface area (Å²) in [7, 11) is -9.91. The van der Waals surface area contributed by atoms with Crippen LogP contribution in [0.2, 0.25) is 0 Å². The predicted octanol–water partition coefficient (Wildman–Crippen LogP) is 22.2. The molecule has 19 heteroatoms. The Morgan fingerprint density at radius 1 is 0.305 bits per heavy atom. The molecular formula is C76H148O17P2. The van der Waals surface area contributed by atoms with Gasteiger partial charge in [0.05, 0.1) is 26.4 Å². The van der Waals surface area contributed by atoms with Gasteiger partial charge in [-0.1, -0.05) is 337 Å². The Labute approximate surface area is 581 Å². The van der Waals surface area contributed by atoms with E-state index in [-0.39, 0.29) is 25.7 Å². The largest absolute Gasteiger partial charge is 0.472 e. The van der Waals surface area contributed by atoms with Gasteiger partial charge in [-0.15, -0.1) is 0 Å². The summed E-state index contributed by atoms with van der Waals surface area (Å²) in [6.07, 6.45) is 52.6. The van der Waals surface area contributed by atoms with Gasteiger partial charge in [0.1, 0.15) is 19.3 Å². The fourth-order valence-corrected chi connectivity index (χ4v) is 13.1. The highest BCUT2D eigenvalue weighted by Crippen LogP contribution is 2.45. The van der Waals surface area contributed by atoms with Crippen molar-refractivity contribution in [1.82, 2.24) is 0 Å². The molecule has 0 amide bonds. The van der Waals surface area contributed by atoms with Crippen molar-refractivity contribution in [3.63, 3.8) is 0 Å². The zero-order valence-electron chi connectivity index (χ0n) is 62.1. The number of aliphatic hydroxyl groups is 1. The van der Waals surface area contributed by atoms with Crippen LogP contribution in [-0.4, -0.2) is 96.7 Å². The van der Waals surface area contributed by atoms with Crippen molar-refractivity contribution in [2.45, 2.75) is 407 Å². The lowest BCUT2D eigenvalue weighted by molar-refractivity contribution is -0.161. The molecule has 3 unspecified atom stereocenters. The summed E-state index contributed by atoms with van der Waals surface area (Å²) >= 11 is 0. The third-order valence-corrected chi connectivity index (χ3v) is 19.9. The van der Waals surface area contributed by atoms with Crippen molar-refractivity contribution in [1.29, 1.82) is 0 Å². The summed E-state index contributed by atoms with van der Waals surface area (Å²) in [4.78, 5) is 72.8. The second-order valence-corrected chi connectivity index (χ2v) is 31.5. The lowest BCUT2D eigenvalue weighted by Gasteiger charge is -2.21. The number of hydrogen-bond donors (Lipinski definition) is 3. The summed E-state index contributed by atoms with van der Waals surface area (Å²) in [6.45, 7) is 11.9. The van der Waals surface area contributed by atoms with E-state index in [4.69, 9.17) is 37.0 Å². The molecule has 0 aromatic rings. The number of ether oxygens (including phenoxy) is 4. The standard InChI is InChI=1S/C76H148O17P2/c1-8-10-11-12-13-26-36-43-50-57-73(78)86-63-71(93-76(81)60-53-46-39-32-25-24-29-35-42-49-56-69(7)9-2)65-90-94(82,83)88-61-70(77)62-89-95(84,85)91-66-72(64-87-74(79)58-51-44-37-30-22-19-18-21-28-34-41-48-55-68(5)6)92-75(80)59-52-45-38-31-23-17-15-14-16-20-27-33-40-47-54-67(3)4/h67-72,77H,8-66H2,1-7H3,(H,82,83)(H,84,85)/t69?,70-,71+,72+/m0/s1. The van der Waals surface area contributed by atoms with E-state index < -0.39 is 97.5 Å². The molecule has 0 spiro atoms. The topological polar surface area (TPSA) is 237 Å². The van der Waals surface area contributed by atoms with Gasteiger partial charge in [-0.2, -0.15) is 0 Å². The Morgan fingerprint density at radius 3 is 0.800 bits per heavy atom.